The van der Waals surface area contributed by atoms with Crippen molar-refractivity contribution in [1.29, 1.82) is 0 Å². The van der Waals surface area contributed by atoms with E-state index in [9.17, 15) is 24.6 Å². The molecular formula is C45H47N3O7S. The Morgan fingerprint density at radius 2 is 1.45 bits per heavy atom. The van der Waals surface area contributed by atoms with Gasteiger partial charge in [0.05, 0.1) is 35.8 Å². The largest absolute Gasteiger partial charge is 0.478 e. The van der Waals surface area contributed by atoms with Crippen LogP contribution in [0.2, 0.25) is 0 Å². The molecule has 290 valence electrons. The van der Waals surface area contributed by atoms with Crippen LogP contribution in [0.5, 0.6) is 0 Å². The van der Waals surface area contributed by atoms with Gasteiger partial charge in [0.1, 0.15) is 0 Å². The first kappa shape index (κ1) is 40.2. The highest BCUT2D eigenvalue weighted by Gasteiger charge is 2.32. The number of amides is 2. The minimum absolute atomic E-state index is 0.0314. The number of hydrogen-bond acceptors (Lipinski definition) is 8. The van der Waals surface area contributed by atoms with Crippen LogP contribution in [0.15, 0.2) is 126 Å². The lowest BCUT2D eigenvalue weighted by Crippen LogP contribution is -2.31. The van der Waals surface area contributed by atoms with Gasteiger partial charge in [0.2, 0.25) is 11.8 Å². The number of unbranched alkanes of at least 4 members (excludes halogenated alkanes) is 2. The second-order valence-electron chi connectivity index (χ2n) is 13.8. The highest BCUT2D eigenvalue weighted by atomic mass is 32.2. The average Bonchev–Trinajstić information content (AvgIpc) is 3.23. The number of nitrogens with two attached hydrogens (primary N) is 1. The van der Waals surface area contributed by atoms with Crippen LogP contribution in [0.4, 0.5) is 11.4 Å². The number of aliphatic hydroxyl groups excluding tert-OH is 1. The van der Waals surface area contributed by atoms with Crippen LogP contribution in [-0.4, -0.2) is 39.9 Å². The number of carbonyl (C=O) groups is 3. The van der Waals surface area contributed by atoms with Crippen molar-refractivity contribution in [1.82, 2.24) is 5.32 Å². The van der Waals surface area contributed by atoms with E-state index in [4.69, 9.17) is 15.2 Å². The van der Waals surface area contributed by atoms with Gasteiger partial charge in [-0.25, -0.2) is 4.79 Å². The Morgan fingerprint density at radius 1 is 0.732 bits per heavy atom. The molecule has 0 spiro atoms. The molecule has 1 aliphatic heterocycles. The number of nitrogen functional groups attached to an aromatic ring is 1. The Kier molecular flexibility index (Phi) is 14.3. The number of thioether (sulfide) groups is 1. The Labute approximate surface area is 331 Å². The molecule has 6 N–H and O–H groups in total. The van der Waals surface area contributed by atoms with E-state index >= 15 is 0 Å². The van der Waals surface area contributed by atoms with Gasteiger partial charge in [-0.3, -0.25) is 9.59 Å². The number of aliphatic hydroxyl groups is 1. The van der Waals surface area contributed by atoms with E-state index in [-0.39, 0.29) is 36.2 Å². The van der Waals surface area contributed by atoms with Crippen molar-refractivity contribution in [3.05, 3.63) is 149 Å². The summed E-state index contributed by atoms with van der Waals surface area (Å²) in [6, 6.07) is 38.0. The minimum Gasteiger partial charge on any atom is -0.478 e. The summed E-state index contributed by atoms with van der Waals surface area (Å²) in [7, 11) is 0. The number of aromatic carboxylic acids is 1. The maximum atomic E-state index is 12.7. The first-order chi connectivity index (χ1) is 27.2. The van der Waals surface area contributed by atoms with Gasteiger partial charge < -0.3 is 36.1 Å². The summed E-state index contributed by atoms with van der Waals surface area (Å²) in [6.07, 6.45) is 2.51. The average molecular weight is 774 g/mol. The Bertz CT molecular complexity index is 2090. The highest BCUT2D eigenvalue weighted by molar-refractivity contribution is 7.99. The molecule has 11 heteroatoms. The SMILES string of the molecule is Nc1ccccc1NC(=O)CCCCCC(=O)NCc1cccc(-c2cccc([C@H]3O[C@@H](CSc4ccc(C(=O)O)cc4)C[C@@H](c4ccc(CO)cc4)O3)c2)c1. The standard InChI is InChI=1S/C45H47N3O7S/c46-39-12-4-5-13-40(39)48-43(51)15-3-1-2-14-42(50)47-27-31-8-6-9-34(24-31)35-10-7-11-36(25-35)45-54-37(29-56-38-22-20-33(21-23-38)44(52)53)26-41(55-45)32-18-16-30(28-49)17-19-32/h4-13,16-25,37,41,45,49H,1-3,14-15,26-29,46H2,(H,47,50)(H,48,51)(H,52,53)/t37-,41+,45+/m1/s1. The zero-order valence-electron chi connectivity index (χ0n) is 31.1. The van der Waals surface area contributed by atoms with E-state index in [1.807, 2.05) is 84.9 Å². The van der Waals surface area contributed by atoms with Crippen molar-refractivity contribution in [3.63, 3.8) is 0 Å². The second kappa shape index (κ2) is 19.9. The van der Waals surface area contributed by atoms with Crippen molar-refractivity contribution in [2.75, 3.05) is 16.8 Å². The molecule has 0 aliphatic carbocycles. The highest BCUT2D eigenvalue weighted by Crippen LogP contribution is 2.40. The summed E-state index contributed by atoms with van der Waals surface area (Å²) in [5, 5.41) is 24.7. The van der Waals surface area contributed by atoms with E-state index in [2.05, 4.69) is 22.8 Å². The molecular weight excluding hydrogens is 727 g/mol. The third-order valence-corrected chi connectivity index (χ3v) is 10.7. The van der Waals surface area contributed by atoms with Crippen LogP contribution in [-0.2, 0) is 32.2 Å². The predicted octanol–water partition coefficient (Wildman–Crippen LogP) is 8.67. The lowest BCUT2D eigenvalue weighted by molar-refractivity contribution is -0.245. The molecule has 1 fully saturated rings. The van der Waals surface area contributed by atoms with Crippen molar-refractivity contribution >= 4 is 40.9 Å². The lowest BCUT2D eigenvalue weighted by atomic mass is 9.99. The molecule has 2 amide bonds. The van der Waals surface area contributed by atoms with Gasteiger partial charge in [-0.05, 0) is 89.2 Å². The quantitative estimate of drug-likeness (QED) is 0.0354. The van der Waals surface area contributed by atoms with Crippen molar-refractivity contribution in [2.45, 2.75) is 75.1 Å². The monoisotopic (exact) mass is 773 g/mol. The summed E-state index contributed by atoms with van der Waals surface area (Å²) in [4.78, 5) is 37.2. The number of carbonyl (C=O) groups excluding carboxylic acids is 2. The Balaban J connectivity index is 1.04. The smallest absolute Gasteiger partial charge is 0.335 e. The zero-order valence-corrected chi connectivity index (χ0v) is 31.9. The Morgan fingerprint density at radius 3 is 2.18 bits per heavy atom. The van der Waals surface area contributed by atoms with Crippen molar-refractivity contribution in [2.24, 2.45) is 0 Å². The molecule has 5 aromatic rings. The molecule has 5 aromatic carbocycles. The number of anilines is 2. The molecule has 3 atom stereocenters. The number of nitrogens with one attached hydrogen (secondary N) is 2. The van der Waals surface area contributed by atoms with E-state index in [1.165, 1.54) is 0 Å². The van der Waals surface area contributed by atoms with Gasteiger partial charge >= 0.3 is 5.97 Å². The molecule has 0 saturated carbocycles. The van der Waals surface area contributed by atoms with E-state index in [1.54, 1.807) is 36.0 Å². The summed E-state index contributed by atoms with van der Waals surface area (Å²) in [5.41, 5.74) is 13.0. The number of carboxylic acids is 1. The van der Waals surface area contributed by atoms with Crippen LogP contribution in [0, 0.1) is 0 Å². The minimum atomic E-state index is -0.956. The van der Waals surface area contributed by atoms with Crippen LogP contribution in [0.1, 0.15) is 83.5 Å². The van der Waals surface area contributed by atoms with Gasteiger partial charge in [0, 0.05) is 42.0 Å². The molecule has 10 nitrogen and oxygen atoms in total. The summed E-state index contributed by atoms with van der Waals surface area (Å²) in [6.45, 7) is 0.366. The summed E-state index contributed by atoms with van der Waals surface area (Å²) >= 11 is 1.61. The summed E-state index contributed by atoms with van der Waals surface area (Å²) in [5.74, 6) is -0.432. The van der Waals surface area contributed by atoms with Crippen LogP contribution < -0.4 is 16.4 Å². The molecule has 1 aliphatic rings. The fraction of sp³-hybridized carbons (Fsp3) is 0.267. The van der Waals surface area contributed by atoms with Gasteiger partial charge in [0.15, 0.2) is 6.29 Å². The molecule has 1 saturated heterocycles. The van der Waals surface area contributed by atoms with Crippen LogP contribution in [0.25, 0.3) is 11.1 Å². The number of rotatable bonds is 17. The fourth-order valence-corrected chi connectivity index (χ4v) is 7.41. The van der Waals surface area contributed by atoms with Crippen molar-refractivity contribution in [3.8, 4) is 11.1 Å². The number of hydrogen-bond donors (Lipinski definition) is 5. The van der Waals surface area contributed by atoms with E-state index in [0.29, 0.717) is 55.8 Å². The molecule has 0 aromatic heterocycles. The number of benzene rings is 5. The van der Waals surface area contributed by atoms with E-state index in [0.717, 1.165) is 44.7 Å². The third-order valence-electron chi connectivity index (χ3n) is 9.60. The Hall–Kier alpha value is -5.46. The zero-order chi connectivity index (χ0) is 39.3. The van der Waals surface area contributed by atoms with Gasteiger partial charge in [-0.1, -0.05) is 79.2 Å². The van der Waals surface area contributed by atoms with Crippen LogP contribution >= 0.6 is 11.8 Å². The normalized spacial score (nSPS) is 16.6. The topological polar surface area (TPSA) is 160 Å². The van der Waals surface area contributed by atoms with Crippen LogP contribution in [0.3, 0.4) is 0 Å². The number of carboxylic acid groups (broad SMARTS) is 1. The molecule has 1 heterocycles. The van der Waals surface area contributed by atoms with Gasteiger partial charge in [-0.2, -0.15) is 0 Å². The predicted molar refractivity (Wildman–Crippen MR) is 219 cm³/mol. The summed E-state index contributed by atoms with van der Waals surface area (Å²) < 4.78 is 13.2. The van der Waals surface area contributed by atoms with Gasteiger partial charge in [0.25, 0.3) is 0 Å². The first-order valence-electron chi connectivity index (χ1n) is 18.8. The number of para-hydroxylation sites is 2. The molecule has 0 unspecified atom stereocenters. The maximum Gasteiger partial charge on any atom is 0.335 e. The van der Waals surface area contributed by atoms with Gasteiger partial charge in [-0.15, -0.1) is 11.8 Å². The van der Waals surface area contributed by atoms with E-state index < -0.39 is 12.3 Å². The number of ether oxygens (including phenoxy) is 2. The molecule has 0 bridgehead atoms. The lowest BCUT2D eigenvalue weighted by Gasteiger charge is -2.36. The first-order valence-corrected chi connectivity index (χ1v) is 19.8. The molecule has 56 heavy (non-hydrogen) atoms. The maximum absolute atomic E-state index is 12.7. The third kappa shape index (κ3) is 11.5. The fourth-order valence-electron chi connectivity index (χ4n) is 6.49. The second-order valence-corrected chi connectivity index (χ2v) is 14.9. The van der Waals surface area contributed by atoms with Crippen molar-refractivity contribution < 1.29 is 34.1 Å². The molecule has 0 radical (unpaired) electrons. The molecule has 6 rings (SSSR count).